The van der Waals surface area contributed by atoms with E-state index in [1.165, 1.54) is 0 Å². The number of amides is 1. The molecule has 0 aliphatic carbocycles. The fourth-order valence-electron chi connectivity index (χ4n) is 1.27. The molecule has 0 saturated carbocycles. The first-order valence-electron chi connectivity index (χ1n) is 5.11. The standard InChI is InChI=1S/C11H23NO/c1-7-8-12(9(2)3)10(13)11(4,5)6/h9H,7-8H2,1-6H3. The summed E-state index contributed by atoms with van der Waals surface area (Å²) < 4.78 is 0. The van der Waals surface area contributed by atoms with Crippen molar-refractivity contribution in [1.82, 2.24) is 4.90 Å². The quantitative estimate of drug-likeness (QED) is 0.662. The highest BCUT2D eigenvalue weighted by atomic mass is 16.2. The highest BCUT2D eigenvalue weighted by Gasteiger charge is 2.27. The van der Waals surface area contributed by atoms with Gasteiger partial charge >= 0.3 is 0 Å². The molecule has 0 aliphatic heterocycles. The molecule has 2 heteroatoms. The summed E-state index contributed by atoms with van der Waals surface area (Å²) in [6.45, 7) is 13.0. The van der Waals surface area contributed by atoms with Gasteiger partial charge in [-0.2, -0.15) is 0 Å². The van der Waals surface area contributed by atoms with E-state index in [-0.39, 0.29) is 11.3 Å². The molecule has 0 spiro atoms. The van der Waals surface area contributed by atoms with Gasteiger partial charge in [-0.3, -0.25) is 4.79 Å². The first-order chi connectivity index (χ1) is 5.80. The zero-order valence-corrected chi connectivity index (χ0v) is 9.85. The van der Waals surface area contributed by atoms with E-state index in [0.717, 1.165) is 13.0 Å². The van der Waals surface area contributed by atoms with Crippen molar-refractivity contribution in [3.05, 3.63) is 0 Å². The summed E-state index contributed by atoms with van der Waals surface area (Å²) >= 11 is 0. The Labute approximate surface area is 82.3 Å². The summed E-state index contributed by atoms with van der Waals surface area (Å²) in [5, 5.41) is 0. The molecule has 1 amide bonds. The Bertz CT molecular complexity index is 167. The van der Waals surface area contributed by atoms with Gasteiger partial charge in [0, 0.05) is 18.0 Å². The minimum atomic E-state index is -0.251. The van der Waals surface area contributed by atoms with Gasteiger partial charge in [-0.25, -0.2) is 0 Å². The molecule has 0 radical (unpaired) electrons. The van der Waals surface area contributed by atoms with Gasteiger partial charge in [0.15, 0.2) is 0 Å². The summed E-state index contributed by atoms with van der Waals surface area (Å²) in [7, 11) is 0. The molecule has 0 atom stereocenters. The van der Waals surface area contributed by atoms with Crippen LogP contribution < -0.4 is 0 Å². The minimum absolute atomic E-state index is 0.251. The predicted octanol–water partition coefficient (Wildman–Crippen LogP) is 2.68. The summed E-state index contributed by atoms with van der Waals surface area (Å²) in [5.74, 6) is 0.254. The van der Waals surface area contributed by atoms with E-state index < -0.39 is 0 Å². The van der Waals surface area contributed by atoms with Crippen LogP contribution in [0.5, 0.6) is 0 Å². The largest absolute Gasteiger partial charge is 0.340 e. The minimum Gasteiger partial charge on any atom is -0.340 e. The van der Waals surface area contributed by atoms with E-state index >= 15 is 0 Å². The molecule has 0 aromatic rings. The van der Waals surface area contributed by atoms with Crippen LogP contribution in [-0.4, -0.2) is 23.4 Å². The fourth-order valence-corrected chi connectivity index (χ4v) is 1.27. The lowest BCUT2D eigenvalue weighted by atomic mass is 9.94. The molecule has 0 unspecified atom stereocenters. The van der Waals surface area contributed by atoms with Crippen molar-refractivity contribution in [3.8, 4) is 0 Å². The maximum absolute atomic E-state index is 11.9. The smallest absolute Gasteiger partial charge is 0.228 e. The van der Waals surface area contributed by atoms with Crippen LogP contribution in [0.25, 0.3) is 0 Å². The molecule has 0 heterocycles. The van der Waals surface area contributed by atoms with Gasteiger partial charge in [0.05, 0.1) is 0 Å². The van der Waals surface area contributed by atoms with Gasteiger partial charge in [0.25, 0.3) is 0 Å². The highest BCUT2D eigenvalue weighted by molar-refractivity contribution is 5.81. The second kappa shape index (κ2) is 4.64. The Morgan fingerprint density at radius 2 is 1.77 bits per heavy atom. The van der Waals surface area contributed by atoms with E-state index in [1.54, 1.807) is 0 Å². The average Bonchev–Trinajstić information content (AvgIpc) is 1.96. The van der Waals surface area contributed by atoms with Crippen LogP contribution in [0.2, 0.25) is 0 Å². The Morgan fingerprint density at radius 1 is 1.31 bits per heavy atom. The molecule has 13 heavy (non-hydrogen) atoms. The second-order valence-corrected chi connectivity index (χ2v) is 4.84. The first-order valence-corrected chi connectivity index (χ1v) is 5.11. The lowest BCUT2D eigenvalue weighted by molar-refractivity contribution is -0.141. The molecule has 2 nitrogen and oxygen atoms in total. The van der Waals surface area contributed by atoms with Crippen molar-refractivity contribution in [1.29, 1.82) is 0 Å². The van der Waals surface area contributed by atoms with Gasteiger partial charge in [0.2, 0.25) is 5.91 Å². The zero-order chi connectivity index (χ0) is 10.6. The molecule has 0 fully saturated rings. The van der Waals surface area contributed by atoms with Gasteiger partial charge in [-0.05, 0) is 20.3 Å². The molecule has 0 bridgehead atoms. The number of hydrogen-bond donors (Lipinski definition) is 0. The Kier molecular flexibility index (Phi) is 4.45. The van der Waals surface area contributed by atoms with E-state index in [9.17, 15) is 4.79 Å². The van der Waals surface area contributed by atoms with E-state index in [0.29, 0.717) is 6.04 Å². The number of nitrogens with zero attached hydrogens (tertiary/aromatic N) is 1. The van der Waals surface area contributed by atoms with Crippen molar-refractivity contribution >= 4 is 5.91 Å². The van der Waals surface area contributed by atoms with Gasteiger partial charge in [0.1, 0.15) is 0 Å². The summed E-state index contributed by atoms with van der Waals surface area (Å²) in [5.41, 5.74) is -0.251. The summed E-state index contributed by atoms with van der Waals surface area (Å²) in [6, 6.07) is 0.312. The van der Waals surface area contributed by atoms with Crippen LogP contribution >= 0.6 is 0 Å². The van der Waals surface area contributed by atoms with Gasteiger partial charge < -0.3 is 4.90 Å². The predicted molar refractivity (Wildman–Crippen MR) is 56.6 cm³/mol. The number of hydrogen-bond acceptors (Lipinski definition) is 1. The van der Waals surface area contributed by atoms with Gasteiger partial charge in [-0.1, -0.05) is 27.7 Å². The topological polar surface area (TPSA) is 20.3 Å². The fraction of sp³-hybridized carbons (Fsp3) is 0.909. The molecule has 0 rings (SSSR count). The van der Waals surface area contributed by atoms with Crippen molar-refractivity contribution in [3.63, 3.8) is 0 Å². The Morgan fingerprint density at radius 3 is 2.00 bits per heavy atom. The van der Waals surface area contributed by atoms with Crippen molar-refractivity contribution in [2.24, 2.45) is 5.41 Å². The van der Waals surface area contributed by atoms with Crippen LogP contribution in [-0.2, 0) is 4.79 Å². The third-order valence-corrected chi connectivity index (χ3v) is 1.99. The molecule has 0 aliphatic rings. The van der Waals surface area contributed by atoms with Crippen LogP contribution in [0.15, 0.2) is 0 Å². The van der Waals surface area contributed by atoms with E-state index in [1.807, 2.05) is 25.7 Å². The van der Waals surface area contributed by atoms with Crippen LogP contribution in [0.4, 0.5) is 0 Å². The third kappa shape index (κ3) is 3.79. The summed E-state index contributed by atoms with van der Waals surface area (Å²) in [6.07, 6.45) is 1.03. The Balaban J connectivity index is 4.47. The summed E-state index contributed by atoms with van der Waals surface area (Å²) in [4.78, 5) is 13.9. The molecule has 0 aromatic carbocycles. The lowest BCUT2D eigenvalue weighted by Crippen LogP contribution is -2.43. The number of carbonyl (C=O) groups is 1. The van der Waals surface area contributed by atoms with Crippen molar-refractivity contribution in [2.45, 2.75) is 54.0 Å². The normalized spacial score (nSPS) is 11.9. The molecule has 0 aromatic heterocycles. The number of carbonyl (C=O) groups excluding carboxylic acids is 1. The maximum Gasteiger partial charge on any atom is 0.228 e. The number of rotatable bonds is 3. The zero-order valence-electron chi connectivity index (χ0n) is 9.85. The molecular formula is C11H23NO. The van der Waals surface area contributed by atoms with E-state index in [2.05, 4.69) is 20.8 Å². The van der Waals surface area contributed by atoms with E-state index in [4.69, 9.17) is 0 Å². The molecule has 78 valence electrons. The van der Waals surface area contributed by atoms with Crippen molar-refractivity contribution < 1.29 is 4.79 Å². The third-order valence-electron chi connectivity index (χ3n) is 1.99. The van der Waals surface area contributed by atoms with Crippen molar-refractivity contribution in [2.75, 3.05) is 6.54 Å². The molecular weight excluding hydrogens is 162 g/mol. The van der Waals surface area contributed by atoms with Crippen LogP contribution in [0, 0.1) is 5.41 Å². The van der Waals surface area contributed by atoms with Crippen LogP contribution in [0.3, 0.4) is 0 Å². The van der Waals surface area contributed by atoms with Gasteiger partial charge in [-0.15, -0.1) is 0 Å². The maximum atomic E-state index is 11.9. The average molecular weight is 185 g/mol. The molecule has 0 N–H and O–H groups in total. The molecule has 0 saturated heterocycles. The lowest BCUT2D eigenvalue weighted by Gasteiger charge is -2.32. The first kappa shape index (κ1) is 12.5. The Hall–Kier alpha value is -0.530. The highest BCUT2D eigenvalue weighted by Crippen LogP contribution is 2.19. The monoisotopic (exact) mass is 185 g/mol. The second-order valence-electron chi connectivity index (χ2n) is 4.84. The SMILES string of the molecule is CCCN(C(=O)C(C)(C)C)C(C)C. The van der Waals surface area contributed by atoms with Crippen LogP contribution in [0.1, 0.15) is 48.0 Å².